The average Bonchev–Trinajstić information content (AvgIpc) is 2.70. The van der Waals surface area contributed by atoms with E-state index in [1.807, 2.05) is 0 Å². The Balaban J connectivity index is 1.94. The molecule has 170 valence electrons. The Labute approximate surface area is 181 Å². The molecule has 0 aliphatic heterocycles. The quantitative estimate of drug-likeness (QED) is 0.233. The molecular formula is C24H39NO5. The van der Waals surface area contributed by atoms with Gasteiger partial charge >= 0.3 is 12.1 Å². The molecule has 1 aromatic rings. The zero-order valence-corrected chi connectivity index (χ0v) is 18.5. The number of carboxylic acids is 1. The van der Waals surface area contributed by atoms with Gasteiger partial charge in [-0.25, -0.2) is 9.59 Å². The van der Waals surface area contributed by atoms with Gasteiger partial charge in [0.05, 0.1) is 6.61 Å². The lowest BCUT2D eigenvalue weighted by molar-refractivity contribution is 0.0693. The van der Waals surface area contributed by atoms with Gasteiger partial charge in [-0.1, -0.05) is 90.4 Å². The molecule has 1 amide bonds. The summed E-state index contributed by atoms with van der Waals surface area (Å²) in [7, 11) is 0. The van der Waals surface area contributed by atoms with Gasteiger partial charge in [0, 0.05) is 11.8 Å². The molecule has 0 saturated carbocycles. The summed E-state index contributed by atoms with van der Waals surface area (Å²) in [5.74, 6) is -1.62. The highest BCUT2D eigenvalue weighted by Gasteiger charge is 2.11. The molecule has 0 spiro atoms. The summed E-state index contributed by atoms with van der Waals surface area (Å²) < 4.78 is 5.12. The minimum Gasteiger partial charge on any atom is -0.507 e. The van der Waals surface area contributed by atoms with Crippen molar-refractivity contribution in [2.24, 2.45) is 0 Å². The van der Waals surface area contributed by atoms with Gasteiger partial charge in [-0.3, -0.25) is 5.32 Å². The maximum Gasteiger partial charge on any atom is 0.411 e. The highest BCUT2D eigenvalue weighted by molar-refractivity contribution is 5.92. The van der Waals surface area contributed by atoms with Crippen LogP contribution in [0.5, 0.6) is 5.75 Å². The first kappa shape index (κ1) is 25.8. The van der Waals surface area contributed by atoms with Gasteiger partial charge in [-0.05, 0) is 18.6 Å². The first-order valence-electron chi connectivity index (χ1n) is 11.5. The first-order valence-corrected chi connectivity index (χ1v) is 11.5. The normalized spacial score (nSPS) is 10.7. The Morgan fingerprint density at radius 1 is 0.833 bits per heavy atom. The fourth-order valence-corrected chi connectivity index (χ4v) is 3.41. The van der Waals surface area contributed by atoms with Gasteiger partial charge in [0.2, 0.25) is 0 Å². The van der Waals surface area contributed by atoms with E-state index in [4.69, 9.17) is 9.84 Å². The summed E-state index contributed by atoms with van der Waals surface area (Å²) in [6.07, 6.45) is 17.2. The fraction of sp³-hybridized carbons (Fsp3) is 0.667. The van der Waals surface area contributed by atoms with Crippen molar-refractivity contribution in [1.29, 1.82) is 0 Å². The van der Waals surface area contributed by atoms with Crippen LogP contribution in [0.15, 0.2) is 18.2 Å². The first-order chi connectivity index (χ1) is 14.5. The monoisotopic (exact) mass is 421 g/mol. The maximum absolute atomic E-state index is 11.7. The van der Waals surface area contributed by atoms with Crippen molar-refractivity contribution in [3.8, 4) is 5.75 Å². The van der Waals surface area contributed by atoms with Crippen LogP contribution in [-0.2, 0) is 4.74 Å². The van der Waals surface area contributed by atoms with Gasteiger partial charge in [0.15, 0.2) is 0 Å². The lowest BCUT2D eigenvalue weighted by atomic mass is 10.0. The SMILES string of the molecule is CCCCCCCCCCCCCCCCOC(=O)Nc1ccc(C(=O)O)c(O)c1. The number of nitrogens with one attached hydrogen (secondary N) is 1. The molecule has 30 heavy (non-hydrogen) atoms. The topological polar surface area (TPSA) is 95.9 Å². The second-order valence-corrected chi connectivity index (χ2v) is 7.89. The summed E-state index contributed by atoms with van der Waals surface area (Å²) >= 11 is 0. The van der Waals surface area contributed by atoms with E-state index in [0.29, 0.717) is 12.3 Å². The van der Waals surface area contributed by atoms with Crippen LogP contribution >= 0.6 is 0 Å². The number of carbonyl (C=O) groups excluding carboxylic acids is 1. The smallest absolute Gasteiger partial charge is 0.411 e. The van der Waals surface area contributed by atoms with Crippen molar-refractivity contribution >= 4 is 17.7 Å². The minimum absolute atomic E-state index is 0.212. The largest absolute Gasteiger partial charge is 0.507 e. The summed E-state index contributed by atoms with van der Waals surface area (Å²) in [5.41, 5.74) is 0.0831. The van der Waals surface area contributed by atoms with Gasteiger partial charge in [0.1, 0.15) is 11.3 Å². The molecule has 0 unspecified atom stereocenters. The summed E-state index contributed by atoms with van der Waals surface area (Å²) in [5, 5.41) is 21.0. The molecule has 6 heteroatoms. The Bertz CT molecular complexity index is 618. The van der Waals surface area contributed by atoms with E-state index in [9.17, 15) is 14.7 Å². The summed E-state index contributed by atoms with van der Waals surface area (Å²) in [4.78, 5) is 22.6. The second-order valence-electron chi connectivity index (χ2n) is 7.89. The van der Waals surface area contributed by atoms with Crippen LogP contribution in [-0.4, -0.2) is 28.9 Å². The predicted octanol–water partition coefficient (Wildman–Crippen LogP) is 7.12. The standard InChI is InChI=1S/C24H39NO5/c1-2-3-4-5-6-7-8-9-10-11-12-13-14-15-18-30-24(29)25-20-16-17-21(23(27)28)22(26)19-20/h16-17,19,26H,2-15,18H2,1H3,(H,25,29)(H,27,28). The number of amides is 1. The van der Waals surface area contributed by atoms with Crippen molar-refractivity contribution < 1.29 is 24.5 Å². The molecule has 6 nitrogen and oxygen atoms in total. The van der Waals surface area contributed by atoms with Crippen LogP contribution in [0.1, 0.15) is 107 Å². The number of benzene rings is 1. The van der Waals surface area contributed by atoms with Crippen LogP contribution in [0.25, 0.3) is 0 Å². The average molecular weight is 422 g/mol. The molecule has 3 N–H and O–H groups in total. The lowest BCUT2D eigenvalue weighted by Crippen LogP contribution is -2.14. The number of unbranched alkanes of at least 4 members (excludes halogenated alkanes) is 13. The third kappa shape index (κ3) is 12.3. The molecule has 0 heterocycles. The number of carboxylic acid groups (broad SMARTS) is 1. The van der Waals surface area contributed by atoms with Crippen molar-refractivity contribution in [3.05, 3.63) is 23.8 Å². The molecule has 0 radical (unpaired) electrons. The number of aromatic hydroxyl groups is 1. The van der Waals surface area contributed by atoms with Crippen molar-refractivity contribution in [2.45, 2.75) is 96.8 Å². The summed E-state index contributed by atoms with van der Waals surface area (Å²) in [6, 6.07) is 3.84. The zero-order chi connectivity index (χ0) is 22.0. The molecule has 0 aromatic heterocycles. The molecule has 0 bridgehead atoms. The van der Waals surface area contributed by atoms with Crippen LogP contribution in [0.3, 0.4) is 0 Å². The van der Waals surface area contributed by atoms with Crippen molar-refractivity contribution in [3.63, 3.8) is 0 Å². The molecular weight excluding hydrogens is 382 g/mol. The highest BCUT2D eigenvalue weighted by Crippen LogP contribution is 2.22. The fourth-order valence-electron chi connectivity index (χ4n) is 3.41. The third-order valence-corrected chi connectivity index (χ3v) is 5.21. The number of hydrogen-bond acceptors (Lipinski definition) is 4. The lowest BCUT2D eigenvalue weighted by Gasteiger charge is -2.08. The Hall–Kier alpha value is -2.24. The van der Waals surface area contributed by atoms with Crippen molar-refractivity contribution in [2.75, 3.05) is 11.9 Å². The zero-order valence-electron chi connectivity index (χ0n) is 18.5. The van der Waals surface area contributed by atoms with E-state index in [-0.39, 0.29) is 5.56 Å². The van der Waals surface area contributed by atoms with Crippen LogP contribution < -0.4 is 5.32 Å². The number of ether oxygens (including phenoxy) is 1. The van der Waals surface area contributed by atoms with Gasteiger partial charge in [-0.2, -0.15) is 0 Å². The molecule has 0 atom stereocenters. The van der Waals surface area contributed by atoms with E-state index in [1.54, 1.807) is 0 Å². The second kappa shape index (κ2) is 16.5. The van der Waals surface area contributed by atoms with E-state index >= 15 is 0 Å². The Kier molecular flexibility index (Phi) is 14.2. The molecule has 1 rings (SSSR count). The molecule has 0 aliphatic rings. The maximum atomic E-state index is 11.7. The van der Waals surface area contributed by atoms with E-state index < -0.39 is 17.8 Å². The van der Waals surface area contributed by atoms with Gasteiger partial charge in [0.25, 0.3) is 0 Å². The van der Waals surface area contributed by atoms with Crippen LogP contribution in [0, 0.1) is 0 Å². The highest BCUT2D eigenvalue weighted by atomic mass is 16.5. The number of aromatic carboxylic acids is 1. The van der Waals surface area contributed by atoms with E-state index in [0.717, 1.165) is 19.3 Å². The molecule has 0 fully saturated rings. The predicted molar refractivity (Wildman–Crippen MR) is 120 cm³/mol. The number of anilines is 1. The minimum atomic E-state index is -1.22. The Morgan fingerprint density at radius 3 is 1.80 bits per heavy atom. The van der Waals surface area contributed by atoms with E-state index in [2.05, 4.69) is 12.2 Å². The molecule has 0 aliphatic carbocycles. The molecule has 0 saturated heterocycles. The van der Waals surface area contributed by atoms with E-state index in [1.165, 1.54) is 88.8 Å². The van der Waals surface area contributed by atoms with Gasteiger partial charge < -0.3 is 14.9 Å². The summed E-state index contributed by atoms with van der Waals surface area (Å²) in [6.45, 7) is 2.60. The van der Waals surface area contributed by atoms with Crippen molar-refractivity contribution in [1.82, 2.24) is 0 Å². The number of rotatable bonds is 17. The van der Waals surface area contributed by atoms with Crippen LogP contribution in [0.4, 0.5) is 10.5 Å². The number of carbonyl (C=O) groups is 2. The Morgan fingerprint density at radius 2 is 1.33 bits per heavy atom. The number of hydrogen-bond donors (Lipinski definition) is 3. The van der Waals surface area contributed by atoms with Crippen LogP contribution in [0.2, 0.25) is 0 Å². The van der Waals surface area contributed by atoms with Gasteiger partial charge in [-0.15, -0.1) is 0 Å². The number of phenols is 1. The molecule has 1 aromatic carbocycles. The third-order valence-electron chi connectivity index (χ3n) is 5.21.